The lowest BCUT2D eigenvalue weighted by Crippen LogP contribution is -2.40. The fourth-order valence-corrected chi connectivity index (χ4v) is 3.54. The van der Waals surface area contributed by atoms with E-state index in [0.29, 0.717) is 0 Å². The molecule has 100 valence electrons. The Balaban J connectivity index is 2.17. The quantitative estimate of drug-likeness (QED) is 0.840. The summed E-state index contributed by atoms with van der Waals surface area (Å²) in [5.74, 6) is 3.94. The van der Waals surface area contributed by atoms with E-state index in [1.54, 1.807) is 0 Å². The normalized spacial score (nSPS) is 20.5. The minimum atomic E-state index is 0.721. The second-order valence-electron chi connectivity index (χ2n) is 5.22. The molecule has 2 heterocycles. The van der Waals surface area contributed by atoms with Gasteiger partial charge in [-0.15, -0.1) is 0 Å². The molecule has 0 bridgehead atoms. The van der Waals surface area contributed by atoms with Crippen LogP contribution in [-0.2, 0) is 6.42 Å². The maximum absolute atomic E-state index is 4.60. The van der Waals surface area contributed by atoms with Gasteiger partial charge in [0.1, 0.15) is 11.6 Å². The van der Waals surface area contributed by atoms with Crippen molar-refractivity contribution in [2.24, 2.45) is 5.92 Å². The van der Waals surface area contributed by atoms with Crippen molar-refractivity contribution < 1.29 is 0 Å². The van der Waals surface area contributed by atoms with Crippen molar-refractivity contribution in [1.82, 2.24) is 9.97 Å². The number of aryl methyl sites for hydroxylation is 2. The zero-order chi connectivity index (χ0) is 13.1. The number of nitrogens with zero attached hydrogens (tertiary/aromatic N) is 3. The molecule has 1 aromatic rings. The highest BCUT2D eigenvalue weighted by Crippen LogP contribution is 2.27. The summed E-state index contributed by atoms with van der Waals surface area (Å²) in [4.78, 5) is 11.5. The average molecular weight is 265 g/mol. The summed E-state index contributed by atoms with van der Waals surface area (Å²) >= 11 is 2.10. The molecule has 0 saturated carbocycles. The molecule has 1 saturated heterocycles. The largest absolute Gasteiger partial charge is 0.355 e. The van der Waals surface area contributed by atoms with Crippen LogP contribution < -0.4 is 4.90 Å². The van der Waals surface area contributed by atoms with E-state index < -0.39 is 0 Å². The molecule has 0 N–H and O–H groups in total. The highest BCUT2D eigenvalue weighted by atomic mass is 32.2. The molecular formula is C14H23N3S. The molecule has 1 aromatic heterocycles. The van der Waals surface area contributed by atoms with Crippen LogP contribution >= 0.6 is 11.8 Å². The molecule has 3 nitrogen and oxygen atoms in total. The highest BCUT2D eigenvalue weighted by Gasteiger charge is 2.24. The Labute approximate surface area is 114 Å². The first kappa shape index (κ1) is 13.7. The maximum atomic E-state index is 4.60. The minimum Gasteiger partial charge on any atom is -0.355 e. The Bertz CT molecular complexity index is 406. The maximum Gasteiger partial charge on any atom is 0.132 e. The van der Waals surface area contributed by atoms with Crippen LogP contribution in [0.2, 0.25) is 0 Å². The third-order valence-electron chi connectivity index (χ3n) is 3.40. The van der Waals surface area contributed by atoms with Crippen molar-refractivity contribution >= 4 is 17.6 Å². The Morgan fingerprint density at radius 1 is 1.44 bits per heavy atom. The monoisotopic (exact) mass is 265 g/mol. The van der Waals surface area contributed by atoms with Crippen molar-refractivity contribution in [3.8, 4) is 0 Å². The lowest BCUT2D eigenvalue weighted by molar-refractivity contribution is 0.580. The number of rotatable bonds is 3. The van der Waals surface area contributed by atoms with E-state index in [0.717, 1.165) is 48.0 Å². The minimum absolute atomic E-state index is 0.721. The first-order chi connectivity index (χ1) is 8.60. The predicted molar refractivity (Wildman–Crippen MR) is 79.4 cm³/mol. The van der Waals surface area contributed by atoms with E-state index in [9.17, 15) is 0 Å². The second kappa shape index (κ2) is 5.91. The van der Waals surface area contributed by atoms with E-state index in [2.05, 4.69) is 53.5 Å². The Hall–Kier alpha value is -0.770. The fraction of sp³-hybridized carbons (Fsp3) is 0.714. The van der Waals surface area contributed by atoms with Crippen LogP contribution in [0.25, 0.3) is 0 Å². The van der Waals surface area contributed by atoms with E-state index in [1.165, 1.54) is 5.75 Å². The first-order valence-electron chi connectivity index (χ1n) is 6.81. The number of hydrogen-bond acceptors (Lipinski definition) is 4. The SMILES string of the molecule is CCc1cc(N2CCSC(C(C)C)C2)nc(C)n1. The summed E-state index contributed by atoms with van der Waals surface area (Å²) in [6, 6.07) is 2.15. The summed E-state index contributed by atoms with van der Waals surface area (Å²) in [5.41, 5.74) is 1.15. The molecule has 0 radical (unpaired) electrons. The smallest absolute Gasteiger partial charge is 0.132 e. The van der Waals surface area contributed by atoms with Gasteiger partial charge < -0.3 is 4.90 Å². The molecule has 2 rings (SSSR count). The summed E-state index contributed by atoms with van der Waals surface area (Å²) in [5, 5.41) is 0.721. The Morgan fingerprint density at radius 3 is 2.89 bits per heavy atom. The van der Waals surface area contributed by atoms with Crippen molar-refractivity contribution in [2.45, 2.75) is 39.4 Å². The number of thioether (sulfide) groups is 1. The Morgan fingerprint density at radius 2 is 2.22 bits per heavy atom. The van der Waals surface area contributed by atoms with E-state index in [4.69, 9.17) is 0 Å². The molecule has 1 aliphatic rings. The lowest BCUT2D eigenvalue weighted by Gasteiger charge is -2.35. The average Bonchev–Trinajstić information content (AvgIpc) is 2.38. The van der Waals surface area contributed by atoms with Gasteiger partial charge in [0.15, 0.2) is 0 Å². The van der Waals surface area contributed by atoms with Gasteiger partial charge in [0.05, 0.1) is 0 Å². The van der Waals surface area contributed by atoms with Crippen LogP contribution in [0.15, 0.2) is 6.07 Å². The van der Waals surface area contributed by atoms with E-state index in [1.807, 2.05) is 6.92 Å². The van der Waals surface area contributed by atoms with Gasteiger partial charge in [0, 0.05) is 35.9 Å². The zero-order valence-corrected chi connectivity index (χ0v) is 12.6. The van der Waals surface area contributed by atoms with Gasteiger partial charge in [-0.2, -0.15) is 11.8 Å². The van der Waals surface area contributed by atoms with Gasteiger partial charge in [-0.25, -0.2) is 9.97 Å². The Kier molecular flexibility index (Phi) is 4.49. The van der Waals surface area contributed by atoms with E-state index in [-0.39, 0.29) is 0 Å². The van der Waals surface area contributed by atoms with Crippen LogP contribution in [0, 0.1) is 12.8 Å². The molecule has 1 aliphatic heterocycles. The van der Waals surface area contributed by atoms with Gasteiger partial charge in [0.25, 0.3) is 0 Å². The summed E-state index contributed by atoms with van der Waals surface area (Å²) in [7, 11) is 0. The fourth-order valence-electron chi connectivity index (χ4n) is 2.24. The van der Waals surface area contributed by atoms with Crippen molar-refractivity contribution in [3.05, 3.63) is 17.6 Å². The van der Waals surface area contributed by atoms with Crippen molar-refractivity contribution in [3.63, 3.8) is 0 Å². The number of hydrogen-bond donors (Lipinski definition) is 0. The molecule has 1 unspecified atom stereocenters. The van der Waals surface area contributed by atoms with Crippen LogP contribution in [0.5, 0.6) is 0 Å². The van der Waals surface area contributed by atoms with Gasteiger partial charge in [-0.3, -0.25) is 0 Å². The van der Waals surface area contributed by atoms with Crippen molar-refractivity contribution in [1.29, 1.82) is 0 Å². The molecule has 0 aromatic carbocycles. The van der Waals surface area contributed by atoms with Gasteiger partial charge in [0.2, 0.25) is 0 Å². The highest BCUT2D eigenvalue weighted by molar-refractivity contribution is 8.00. The van der Waals surface area contributed by atoms with Crippen LogP contribution in [0.1, 0.15) is 32.3 Å². The lowest BCUT2D eigenvalue weighted by atomic mass is 10.1. The third-order valence-corrected chi connectivity index (χ3v) is 4.94. The van der Waals surface area contributed by atoms with Crippen LogP contribution in [0.4, 0.5) is 5.82 Å². The van der Waals surface area contributed by atoms with Crippen LogP contribution in [-0.4, -0.2) is 34.1 Å². The topological polar surface area (TPSA) is 29.0 Å². The summed E-state index contributed by atoms with van der Waals surface area (Å²) in [6.45, 7) is 11.0. The molecule has 0 spiro atoms. The van der Waals surface area contributed by atoms with Gasteiger partial charge in [-0.05, 0) is 19.3 Å². The van der Waals surface area contributed by atoms with E-state index >= 15 is 0 Å². The summed E-state index contributed by atoms with van der Waals surface area (Å²) < 4.78 is 0. The molecule has 4 heteroatoms. The molecular weight excluding hydrogens is 242 g/mol. The summed E-state index contributed by atoms with van der Waals surface area (Å²) in [6.07, 6.45) is 0.979. The second-order valence-corrected chi connectivity index (χ2v) is 6.56. The molecule has 0 amide bonds. The molecule has 18 heavy (non-hydrogen) atoms. The van der Waals surface area contributed by atoms with Gasteiger partial charge in [-0.1, -0.05) is 20.8 Å². The third kappa shape index (κ3) is 3.16. The zero-order valence-electron chi connectivity index (χ0n) is 11.8. The predicted octanol–water partition coefficient (Wildman–Crippen LogP) is 2.93. The molecule has 0 aliphatic carbocycles. The van der Waals surface area contributed by atoms with Gasteiger partial charge >= 0.3 is 0 Å². The molecule has 1 atom stereocenters. The van der Waals surface area contributed by atoms with Crippen LogP contribution in [0.3, 0.4) is 0 Å². The number of aromatic nitrogens is 2. The number of anilines is 1. The standard InChI is InChI=1S/C14H23N3S/c1-5-12-8-14(16-11(4)15-12)17-6-7-18-13(9-17)10(2)3/h8,10,13H,5-7,9H2,1-4H3. The van der Waals surface area contributed by atoms with Crippen molar-refractivity contribution in [2.75, 3.05) is 23.7 Å². The first-order valence-corrected chi connectivity index (χ1v) is 7.86. The molecule has 1 fully saturated rings.